The molecule has 1 aromatic heterocycles. The summed E-state index contributed by atoms with van der Waals surface area (Å²) < 4.78 is 0. The van der Waals surface area contributed by atoms with Gasteiger partial charge in [-0.15, -0.1) is 0 Å². The molecule has 0 unspecified atom stereocenters. The molecule has 31 heavy (non-hydrogen) atoms. The van der Waals surface area contributed by atoms with Crippen molar-refractivity contribution in [3.8, 4) is 0 Å². The highest BCUT2D eigenvalue weighted by molar-refractivity contribution is 6.01. The van der Waals surface area contributed by atoms with Crippen LogP contribution >= 0.6 is 0 Å². The first-order valence-electron chi connectivity index (χ1n) is 11.5. The lowest BCUT2D eigenvalue weighted by molar-refractivity contribution is -0.139. The Labute approximate surface area is 182 Å². The van der Waals surface area contributed by atoms with E-state index >= 15 is 0 Å². The molecular weight excluding hydrogens is 394 g/mol. The van der Waals surface area contributed by atoms with Crippen LogP contribution in [0.2, 0.25) is 0 Å². The van der Waals surface area contributed by atoms with Crippen molar-refractivity contribution in [2.24, 2.45) is 17.3 Å². The molecule has 3 aliphatic carbocycles. The zero-order valence-corrected chi connectivity index (χ0v) is 18.1. The minimum absolute atomic E-state index is 0.0610. The van der Waals surface area contributed by atoms with Crippen molar-refractivity contribution in [3.05, 3.63) is 23.9 Å². The molecule has 2 aliphatic heterocycles. The number of fused-ring (bicyclic) bond motifs is 3. The summed E-state index contributed by atoms with van der Waals surface area (Å²) in [4.78, 5) is 43.8. The largest absolute Gasteiger partial charge is 0.356 e. The lowest BCUT2D eigenvalue weighted by Crippen LogP contribution is -2.70. The lowest BCUT2D eigenvalue weighted by atomic mass is 9.51. The molecule has 4 fully saturated rings. The quantitative estimate of drug-likeness (QED) is 0.625. The standard InChI is InChI=1S/C23H31N5O3/c1-22-8-7-15(23(14-22)26-19-16(20(30)27-23)5-2-9-24-19)13-17(22)21(31)25-10-4-12-28-11-3-6-18(28)29/h2,5,9,15,17H,3-4,6-8,10-14H2,1H3,(H,24,26)(H,25,31)(H,27,30)/t15-,17-,22+,23+/m1/s1. The topological polar surface area (TPSA) is 103 Å². The summed E-state index contributed by atoms with van der Waals surface area (Å²) in [5, 5.41) is 9.89. The Balaban J connectivity index is 1.23. The predicted molar refractivity (Wildman–Crippen MR) is 115 cm³/mol. The molecule has 4 atom stereocenters. The van der Waals surface area contributed by atoms with E-state index in [0.717, 1.165) is 45.2 Å². The maximum atomic E-state index is 13.1. The van der Waals surface area contributed by atoms with Gasteiger partial charge in [0.2, 0.25) is 11.8 Å². The maximum absolute atomic E-state index is 13.1. The molecule has 2 bridgehead atoms. The molecule has 1 spiro atoms. The van der Waals surface area contributed by atoms with Gasteiger partial charge in [-0.25, -0.2) is 4.98 Å². The summed E-state index contributed by atoms with van der Waals surface area (Å²) in [6, 6.07) is 3.55. The van der Waals surface area contributed by atoms with Crippen LogP contribution in [0.3, 0.4) is 0 Å². The van der Waals surface area contributed by atoms with Crippen molar-refractivity contribution in [2.75, 3.05) is 25.0 Å². The SMILES string of the molecule is C[C@@]12CC[C@H](C[C@@H]1C(=O)NCCCN1CCCC1=O)[C@]1(C2)NC(=O)c2cccnc2N1. The Morgan fingerprint density at radius 3 is 3.00 bits per heavy atom. The van der Waals surface area contributed by atoms with Gasteiger partial charge in [-0.3, -0.25) is 14.4 Å². The summed E-state index contributed by atoms with van der Waals surface area (Å²) in [5.74, 6) is 1.01. The number of nitrogens with zero attached hydrogens (tertiary/aromatic N) is 2. The highest BCUT2D eigenvalue weighted by atomic mass is 16.2. The van der Waals surface area contributed by atoms with Gasteiger partial charge in [-0.1, -0.05) is 6.92 Å². The lowest BCUT2D eigenvalue weighted by Gasteiger charge is -2.60. The first-order chi connectivity index (χ1) is 14.9. The van der Waals surface area contributed by atoms with Crippen molar-refractivity contribution < 1.29 is 14.4 Å². The van der Waals surface area contributed by atoms with Crippen molar-refractivity contribution in [1.29, 1.82) is 0 Å². The second-order valence-electron chi connectivity index (χ2n) is 9.93. The van der Waals surface area contributed by atoms with Gasteiger partial charge in [0.05, 0.1) is 5.56 Å². The molecule has 3 N–H and O–H groups in total. The van der Waals surface area contributed by atoms with Gasteiger partial charge in [0.1, 0.15) is 11.5 Å². The van der Waals surface area contributed by atoms with E-state index in [4.69, 9.17) is 0 Å². The number of carbonyl (C=O) groups excluding carboxylic acids is 3. The van der Waals surface area contributed by atoms with Crippen LogP contribution < -0.4 is 16.0 Å². The Bertz CT molecular complexity index is 920. The van der Waals surface area contributed by atoms with Gasteiger partial charge in [-0.05, 0) is 56.1 Å². The summed E-state index contributed by atoms with van der Waals surface area (Å²) in [6.45, 7) is 4.33. The van der Waals surface area contributed by atoms with E-state index < -0.39 is 5.66 Å². The molecule has 166 valence electrons. The molecular formula is C23H31N5O3. The van der Waals surface area contributed by atoms with Crippen LogP contribution in [0.15, 0.2) is 18.3 Å². The molecule has 0 radical (unpaired) electrons. The predicted octanol–water partition coefficient (Wildman–Crippen LogP) is 1.89. The molecule has 6 rings (SSSR count). The molecule has 1 aromatic rings. The summed E-state index contributed by atoms with van der Waals surface area (Å²) in [6.07, 6.45) is 7.51. The smallest absolute Gasteiger partial charge is 0.256 e. The maximum Gasteiger partial charge on any atom is 0.256 e. The highest BCUT2D eigenvalue weighted by Crippen LogP contribution is 2.58. The zero-order chi connectivity index (χ0) is 21.6. The van der Waals surface area contributed by atoms with E-state index in [2.05, 4.69) is 27.9 Å². The van der Waals surface area contributed by atoms with Crippen LogP contribution in [0.5, 0.6) is 0 Å². The average Bonchev–Trinajstić information content (AvgIpc) is 3.15. The molecule has 3 saturated carbocycles. The molecule has 0 aromatic carbocycles. The van der Waals surface area contributed by atoms with Crippen LogP contribution in [0.25, 0.3) is 0 Å². The fourth-order valence-corrected chi connectivity index (χ4v) is 6.27. The number of hydrogen-bond donors (Lipinski definition) is 3. The van der Waals surface area contributed by atoms with Gasteiger partial charge in [0.25, 0.3) is 5.91 Å². The van der Waals surface area contributed by atoms with Crippen LogP contribution in [0.1, 0.15) is 62.2 Å². The van der Waals surface area contributed by atoms with E-state index in [1.165, 1.54) is 0 Å². The van der Waals surface area contributed by atoms with Crippen LogP contribution in [-0.4, -0.2) is 52.9 Å². The van der Waals surface area contributed by atoms with Gasteiger partial charge >= 0.3 is 0 Å². The monoisotopic (exact) mass is 425 g/mol. The summed E-state index contributed by atoms with van der Waals surface area (Å²) >= 11 is 0. The minimum atomic E-state index is -0.529. The number of rotatable bonds is 5. The van der Waals surface area contributed by atoms with E-state index in [-0.39, 0.29) is 35.0 Å². The number of anilines is 1. The van der Waals surface area contributed by atoms with Crippen LogP contribution in [0, 0.1) is 17.3 Å². The molecule has 3 amide bonds. The Hall–Kier alpha value is -2.64. The number of hydrogen-bond acceptors (Lipinski definition) is 5. The third kappa shape index (κ3) is 3.46. The Morgan fingerprint density at radius 1 is 1.35 bits per heavy atom. The van der Waals surface area contributed by atoms with Crippen molar-refractivity contribution in [3.63, 3.8) is 0 Å². The summed E-state index contributed by atoms with van der Waals surface area (Å²) in [7, 11) is 0. The van der Waals surface area contributed by atoms with E-state index in [0.29, 0.717) is 30.8 Å². The van der Waals surface area contributed by atoms with Gasteiger partial charge in [0, 0.05) is 44.1 Å². The van der Waals surface area contributed by atoms with Crippen molar-refractivity contribution >= 4 is 23.5 Å². The zero-order valence-electron chi connectivity index (χ0n) is 18.1. The van der Waals surface area contributed by atoms with Gasteiger partial charge in [0.15, 0.2) is 0 Å². The normalized spacial score (nSPS) is 33.8. The summed E-state index contributed by atoms with van der Waals surface area (Å²) in [5.41, 5.74) is -0.139. The van der Waals surface area contributed by atoms with Gasteiger partial charge < -0.3 is 20.9 Å². The fraction of sp³-hybridized carbons (Fsp3) is 0.652. The minimum Gasteiger partial charge on any atom is -0.356 e. The van der Waals surface area contributed by atoms with Crippen LogP contribution in [-0.2, 0) is 9.59 Å². The third-order valence-corrected chi connectivity index (χ3v) is 7.93. The molecule has 5 aliphatic rings. The number of carbonyl (C=O) groups is 3. The number of aromatic nitrogens is 1. The highest BCUT2D eigenvalue weighted by Gasteiger charge is 2.60. The van der Waals surface area contributed by atoms with Crippen molar-refractivity contribution in [1.82, 2.24) is 20.5 Å². The van der Waals surface area contributed by atoms with E-state index in [1.807, 2.05) is 4.90 Å². The molecule has 8 heteroatoms. The fourth-order valence-electron chi connectivity index (χ4n) is 6.27. The molecule has 1 saturated heterocycles. The van der Waals surface area contributed by atoms with Crippen molar-refractivity contribution in [2.45, 2.75) is 57.5 Å². The first-order valence-corrected chi connectivity index (χ1v) is 11.5. The second kappa shape index (κ2) is 7.50. The molecule has 3 heterocycles. The third-order valence-electron chi connectivity index (χ3n) is 7.93. The van der Waals surface area contributed by atoms with E-state index in [1.54, 1.807) is 18.3 Å². The Morgan fingerprint density at radius 2 is 2.23 bits per heavy atom. The van der Waals surface area contributed by atoms with Crippen LogP contribution in [0.4, 0.5) is 5.82 Å². The number of likely N-dealkylation sites (tertiary alicyclic amines) is 1. The Kier molecular flexibility index (Phi) is 4.90. The first kappa shape index (κ1) is 20.3. The number of nitrogens with one attached hydrogen (secondary N) is 3. The van der Waals surface area contributed by atoms with Gasteiger partial charge in [-0.2, -0.15) is 0 Å². The number of pyridine rings is 1. The average molecular weight is 426 g/mol. The molecule has 8 nitrogen and oxygen atoms in total. The van der Waals surface area contributed by atoms with E-state index in [9.17, 15) is 14.4 Å². The number of amides is 3. The second-order valence-corrected chi connectivity index (χ2v) is 9.93.